The van der Waals surface area contributed by atoms with E-state index in [1.165, 1.54) is 4.90 Å². The van der Waals surface area contributed by atoms with E-state index < -0.39 is 23.7 Å². The Bertz CT molecular complexity index is 518. The van der Waals surface area contributed by atoms with Gasteiger partial charge in [0.15, 0.2) is 5.60 Å². The maximum atomic E-state index is 11.9. The van der Waals surface area contributed by atoms with Crippen LogP contribution < -0.4 is 0 Å². The summed E-state index contributed by atoms with van der Waals surface area (Å²) in [5.41, 5.74) is -0.762. The smallest absolute Gasteiger partial charge is 0.410 e. The Morgan fingerprint density at radius 1 is 1.33 bits per heavy atom. The fraction of sp³-hybridized carbons (Fsp3) is 0.467. The molecule has 0 bridgehead atoms. The number of benzene rings is 1. The van der Waals surface area contributed by atoms with Crippen LogP contribution in [0.25, 0.3) is 0 Å². The zero-order valence-electron chi connectivity index (χ0n) is 12.1. The van der Waals surface area contributed by atoms with Crippen LogP contribution in [0.1, 0.15) is 19.4 Å². The van der Waals surface area contributed by atoms with Crippen molar-refractivity contribution in [3.63, 3.8) is 0 Å². The molecule has 1 amide bonds. The van der Waals surface area contributed by atoms with Gasteiger partial charge in [-0.15, -0.1) is 0 Å². The molecule has 2 atom stereocenters. The Kier molecular flexibility index (Phi) is 4.47. The summed E-state index contributed by atoms with van der Waals surface area (Å²) < 4.78 is 9.97. The van der Waals surface area contributed by atoms with Crippen LogP contribution >= 0.6 is 0 Å². The van der Waals surface area contributed by atoms with Gasteiger partial charge in [-0.05, 0) is 19.4 Å². The molecule has 0 aromatic heterocycles. The van der Waals surface area contributed by atoms with Crippen molar-refractivity contribution in [3.05, 3.63) is 35.9 Å². The highest BCUT2D eigenvalue weighted by Crippen LogP contribution is 2.31. The molecule has 1 heterocycles. The Hall–Kier alpha value is -2.08. The summed E-state index contributed by atoms with van der Waals surface area (Å²) in [5.74, 6) is -0.704. The van der Waals surface area contributed by atoms with E-state index >= 15 is 0 Å². The van der Waals surface area contributed by atoms with Crippen molar-refractivity contribution in [2.24, 2.45) is 0 Å². The van der Waals surface area contributed by atoms with Crippen LogP contribution in [0.4, 0.5) is 4.79 Å². The topological polar surface area (TPSA) is 76.1 Å². The average molecular weight is 293 g/mol. The maximum Gasteiger partial charge on any atom is 0.410 e. The number of esters is 1. The molecule has 0 aliphatic carbocycles. The Labute approximate surface area is 123 Å². The molecule has 2 rings (SSSR count). The van der Waals surface area contributed by atoms with Crippen molar-refractivity contribution in [3.8, 4) is 0 Å². The molecule has 2 unspecified atom stereocenters. The molecule has 1 fully saturated rings. The van der Waals surface area contributed by atoms with Gasteiger partial charge in [0.05, 0.1) is 19.2 Å². The highest BCUT2D eigenvalue weighted by molar-refractivity contribution is 5.85. The van der Waals surface area contributed by atoms with Crippen LogP contribution in [0.2, 0.25) is 0 Å². The number of rotatable bonds is 4. The SMILES string of the molecule is CCOC(=O)C1(O)CN(C(=O)OCc2ccccc2)C1C. The zero-order chi connectivity index (χ0) is 15.5. The fourth-order valence-electron chi connectivity index (χ4n) is 2.19. The molecule has 21 heavy (non-hydrogen) atoms. The predicted molar refractivity (Wildman–Crippen MR) is 74.4 cm³/mol. The monoisotopic (exact) mass is 293 g/mol. The first kappa shape index (κ1) is 15.3. The fourth-order valence-corrected chi connectivity index (χ4v) is 2.19. The summed E-state index contributed by atoms with van der Waals surface area (Å²) in [6, 6.07) is 8.62. The number of β-amino-alcohol motifs (C(OH)–C–C–N with tert-alkyl or cyclic N) is 1. The summed E-state index contributed by atoms with van der Waals surface area (Å²) >= 11 is 0. The van der Waals surface area contributed by atoms with Gasteiger partial charge in [-0.3, -0.25) is 4.90 Å². The lowest BCUT2D eigenvalue weighted by atomic mass is 9.85. The third-order valence-electron chi connectivity index (χ3n) is 3.64. The number of hydrogen-bond donors (Lipinski definition) is 1. The number of hydrogen-bond acceptors (Lipinski definition) is 5. The number of carbonyl (C=O) groups excluding carboxylic acids is 2. The predicted octanol–water partition coefficient (Wildman–Crippen LogP) is 1.32. The lowest BCUT2D eigenvalue weighted by molar-refractivity contribution is -0.193. The van der Waals surface area contributed by atoms with Crippen LogP contribution in [0.5, 0.6) is 0 Å². The molecule has 6 nitrogen and oxygen atoms in total. The molecule has 0 saturated carbocycles. The normalized spacial score (nSPS) is 24.1. The van der Waals surface area contributed by atoms with Gasteiger partial charge in [0, 0.05) is 0 Å². The van der Waals surface area contributed by atoms with E-state index in [1.54, 1.807) is 13.8 Å². The van der Waals surface area contributed by atoms with E-state index in [1.807, 2.05) is 30.3 Å². The molecular weight excluding hydrogens is 274 g/mol. The quantitative estimate of drug-likeness (QED) is 0.847. The molecule has 0 spiro atoms. The van der Waals surface area contributed by atoms with Crippen molar-refractivity contribution in [2.75, 3.05) is 13.2 Å². The molecule has 6 heteroatoms. The van der Waals surface area contributed by atoms with E-state index in [0.717, 1.165) is 5.56 Å². The minimum atomic E-state index is -1.64. The molecule has 1 aliphatic heterocycles. The second kappa shape index (κ2) is 6.13. The van der Waals surface area contributed by atoms with E-state index in [9.17, 15) is 14.7 Å². The highest BCUT2D eigenvalue weighted by Gasteiger charge is 2.58. The van der Waals surface area contributed by atoms with Crippen LogP contribution in [-0.4, -0.2) is 46.9 Å². The van der Waals surface area contributed by atoms with Crippen LogP contribution in [0.3, 0.4) is 0 Å². The highest BCUT2D eigenvalue weighted by atomic mass is 16.6. The van der Waals surface area contributed by atoms with Gasteiger partial charge in [0.2, 0.25) is 0 Å². The Morgan fingerprint density at radius 3 is 2.57 bits per heavy atom. The number of amides is 1. The van der Waals surface area contributed by atoms with Gasteiger partial charge in [0.1, 0.15) is 6.61 Å². The molecule has 1 N–H and O–H groups in total. The van der Waals surface area contributed by atoms with E-state index in [4.69, 9.17) is 9.47 Å². The van der Waals surface area contributed by atoms with Crippen LogP contribution in [-0.2, 0) is 20.9 Å². The van der Waals surface area contributed by atoms with Gasteiger partial charge < -0.3 is 14.6 Å². The van der Waals surface area contributed by atoms with Gasteiger partial charge >= 0.3 is 12.1 Å². The van der Waals surface area contributed by atoms with Gasteiger partial charge in [-0.25, -0.2) is 9.59 Å². The molecular formula is C15H19NO5. The lowest BCUT2D eigenvalue weighted by Crippen LogP contribution is -2.73. The minimum absolute atomic E-state index is 0.110. The van der Waals surface area contributed by atoms with Gasteiger partial charge in [0.25, 0.3) is 0 Å². The third kappa shape index (κ3) is 3.00. The van der Waals surface area contributed by atoms with E-state index in [-0.39, 0.29) is 19.8 Å². The van der Waals surface area contributed by atoms with E-state index in [2.05, 4.69) is 0 Å². The molecule has 0 radical (unpaired) electrons. The third-order valence-corrected chi connectivity index (χ3v) is 3.64. The first-order valence-corrected chi connectivity index (χ1v) is 6.86. The Morgan fingerprint density at radius 2 is 2.00 bits per heavy atom. The summed E-state index contributed by atoms with van der Waals surface area (Å²) in [4.78, 5) is 24.9. The number of aliphatic hydroxyl groups is 1. The van der Waals surface area contributed by atoms with Gasteiger partial charge in [-0.2, -0.15) is 0 Å². The van der Waals surface area contributed by atoms with Crippen molar-refractivity contribution >= 4 is 12.1 Å². The maximum absolute atomic E-state index is 11.9. The van der Waals surface area contributed by atoms with Crippen molar-refractivity contribution in [2.45, 2.75) is 32.1 Å². The second-order valence-corrected chi connectivity index (χ2v) is 4.99. The summed E-state index contributed by atoms with van der Waals surface area (Å²) in [7, 11) is 0. The molecule has 1 saturated heterocycles. The van der Waals surface area contributed by atoms with Crippen LogP contribution in [0, 0.1) is 0 Å². The van der Waals surface area contributed by atoms with Crippen molar-refractivity contribution in [1.29, 1.82) is 0 Å². The first-order valence-electron chi connectivity index (χ1n) is 6.86. The second-order valence-electron chi connectivity index (χ2n) is 4.99. The summed E-state index contributed by atoms with van der Waals surface area (Å²) in [5, 5.41) is 10.2. The Balaban J connectivity index is 1.87. The standard InChI is InChI=1S/C15H19NO5/c1-3-20-13(17)15(19)10-16(11(15)2)14(18)21-9-12-7-5-4-6-8-12/h4-8,11,19H,3,9-10H2,1-2H3. The molecule has 114 valence electrons. The molecule has 1 aromatic rings. The number of nitrogens with zero attached hydrogens (tertiary/aromatic N) is 1. The van der Waals surface area contributed by atoms with Crippen molar-refractivity contribution in [1.82, 2.24) is 4.90 Å². The lowest BCUT2D eigenvalue weighted by Gasteiger charge is -2.49. The number of carbonyl (C=O) groups is 2. The zero-order valence-corrected chi connectivity index (χ0v) is 12.1. The number of ether oxygens (including phenoxy) is 2. The van der Waals surface area contributed by atoms with E-state index in [0.29, 0.717) is 0 Å². The summed E-state index contributed by atoms with van der Waals surface area (Å²) in [6.07, 6.45) is -0.555. The van der Waals surface area contributed by atoms with Crippen molar-refractivity contribution < 1.29 is 24.2 Å². The van der Waals surface area contributed by atoms with Crippen LogP contribution in [0.15, 0.2) is 30.3 Å². The first-order chi connectivity index (χ1) is 9.99. The largest absolute Gasteiger partial charge is 0.464 e. The van der Waals surface area contributed by atoms with Gasteiger partial charge in [-0.1, -0.05) is 30.3 Å². The average Bonchev–Trinajstić information content (AvgIpc) is 2.50. The minimum Gasteiger partial charge on any atom is -0.464 e. The number of likely N-dealkylation sites (tertiary alicyclic amines) is 1. The molecule has 1 aliphatic rings. The molecule has 1 aromatic carbocycles. The summed E-state index contributed by atoms with van der Waals surface area (Å²) in [6.45, 7) is 3.48.